The SMILES string of the molecule is CNC(=O)c1csc2c(C(F)(F)F)cc(CC3CCN(C(=O)O)CC3)nc12. The molecule has 1 fully saturated rings. The molecule has 0 spiro atoms. The van der Waals surface area contributed by atoms with Crippen molar-refractivity contribution in [1.29, 1.82) is 0 Å². The fourth-order valence-corrected chi connectivity index (χ4v) is 4.32. The van der Waals surface area contributed by atoms with Crippen molar-refractivity contribution in [3.63, 3.8) is 0 Å². The van der Waals surface area contributed by atoms with Gasteiger partial charge in [0.1, 0.15) is 0 Å². The van der Waals surface area contributed by atoms with Crippen molar-refractivity contribution in [2.45, 2.75) is 25.4 Å². The summed E-state index contributed by atoms with van der Waals surface area (Å²) in [7, 11) is 1.41. The Balaban J connectivity index is 1.93. The minimum absolute atomic E-state index is 0.0497. The molecule has 0 atom stereocenters. The van der Waals surface area contributed by atoms with E-state index in [1.54, 1.807) is 0 Å². The minimum Gasteiger partial charge on any atom is -0.465 e. The van der Waals surface area contributed by atoms with Gasteiger partial charge in [-0.25, -0.2) is 4.79 Å². The number of carboxylic acid groups (broad SMARTS) is 1. The van der Waals surface area contributed by atoms with Crippen LogP contribution in [0.4, 0.5) is 18.0 Å². The predicted octanol–water partition coefficient (Wildman–Crippen LogP) is 3.61. The van der Waals surface area contributed by atoms with Crippen LogP contribution in [0.25, 0.3) is 10.2 Å². The maximum atomic E-state index is 13.5. The zero-order valence-corrected chi connectivity index (χ0v) is 15.3. The smallest absolute Gasteiger partial charge is 0.417 e. The van der Waals surface area contributed by atoms with Crippen molar-refractivity contribution in [1.82, 2.24) is 15.2 Å². The number of hydrogen-bond donors (Lipinski definition) is 2. The molecule has 1 aliphatic rings. The largest absolute Gasteiger partial charge is 0.465 e. The number of likely N-dealkylation sites (tertiary alicyclic amines) is 1. The molecule has 0 bridgehead atoms. The molecule has 0 unspecified atom stereocenters. The summed E-state index contributed by atoms with van der Waals surface area (Å²) in [5.41, 5.74) is -0.324. The van der Waals surface area contributed by atoms with Crippen LogP contribution in [0.3, 0.4) is 0 Å². The van der Waals surface area contributed by atoms with E-state index < -0.39 is 23.7 Å². The number of alkyl halides is 3. The van der Waals surface area contributed by atoms with Gasteiger partial charge in [0.25, 0.3) is 5.91 Å². The standard InChI is InChI=1S/C17H18F3N3O3S/c1-21-15(24)11-8-27-14-12(17(18,19)20)7-10(22-13(11)14)6-9-2-4-23(5-3-9)16(25)26/h7-9H,2-6H2,1H3,(H,21,24)(H,25,26). The van der Waals surface area contributed by atoms with Gasteiger partial charge in [-0.15, -0.1) is 11.3 Å². The second-order valence-electron chi connectivity index (χ2n) is 6.48. The minimum atomic E-state index is -4.55. The highest BCUT2D eigenvalue weighted by Gasteiger charge is 2.35. The van der Waals surface area contributed by atoms with E-state index in [4.69, 9.17) is 5.11 Å². The summed E-state index contributed by atoms with van der Waals surface area (Å²) in [6.45, 7) is 0.715. The number of piperidine rings is 1. The molecule has 1 aliphatic heterocycles. The van der Waals surface area contributed by atoms with Gasteiger partial charge in [0.05, 0.1) is 21.3 Å². The number of thiophene rings is 1. The molecule has 2 amide bonds. The number of rotatable bonds is 3. The lowest BCUT2D eigenvalue weighted by atomic mass is 9.91. The Morgan fingerprint density at radius 3 is 2.59 bits per heavy atom. The molecular weight excluding hydrogens is 383 g/mol. The van der Waals surface area contributed by atoms with Gasteiger partial charge >= 0.3 is 12.3 Å². The Labute approximate surface area is 157 Å². The van der Waals surface area contributed by atoms with Crippen LogP contribution in [0.1, 0.15) is 34.5 Å². The number of halogens is 3. The van der Waals surface area contributed by atoms with Gasteiger partial charge in [0.15, 0.2) is 0 Å². The number of pyridine rings is 1. The highest BCUT2D eigenvalue weighted by Crippen LogP contribution is 2.39. The molecule has 1 saturated heterocycles. The number of carbonyl (C=O) groups is 2. The third kappa shape index (κ3) is 4.00. The van der Waals surface area contributed by atoms with Crippen LogP contribution in [0.2, 0.25) is 0 Å². The predicted molar refractivity (Wildman–Crippen MR) is 94.0 cm³/mol. The Kier molecular flexibility index (Phi) is 5.27. The Bertz CT molecular complexity index is 873. The summed E-state index contributed by atoms with van der Waals surface area (Å²) in [4.78, 5) is 28.6. The van der Waals surface area contributed by atoms with Crippen molar-refractivity contribution in [3.8, 4) is 0 Å². The molecule has 0 aliphatic carbocycles. The van der Waals surface area contributed by atoms with Gasteiger partial charge in [-0.3, -0.25) is 9.78 Å². The van der Waals surface area contributed by atoms with Gasteiger partial charge in [-0.05, 0) is 31.2 Å². The highest BCUT2D eigenvalue weighted by atomic mass is 32.1. The Morgan fingerprint density at radius 2 is 2.04 bits per heavy atom. The first-order valence-corrected chi connectivity index (χ1v) is 9.27. The zero-order valence-electron chi connectivity index (χ0n) is 14.5. The molecule has 2 N–H and O–H groups in total. The normalized spacial score (nSPS) is 15.9. The van der Waals surface area contributed by atoms with Gasteiger partial charge in [-0.2, -0.15) is 13.2 Å². The maximum absolute atomic E-state index is 13.5. The summed E-state index contributed by atoms with van der Waals surface area (Å²) < 4.78 is 40.5. The van der Waals surface area contributed by atoms with Crippen molar-refractivity contribution in [2.24, 2.45) is 5.92 Å². The van der Waals surface area contributed by atoms with Crippen LogP contribution in [-0.4, -0.2) is 47.1 Å². The van der Waals surface area contributed by atoms with Crippen LogP contribution >= 0.6 is 11.3 Å². The molecular formula is C17H18F3N3O3S. The average molecular weight is 401 g/mol. The van der Waals surface area contributed by atoms with Crippen LogP contribution in [0.5, 0.6) is 0 Å². The number of nitrogens with zero attached hydrogens (tertiary/aromatic N) is 2. The quantitative estimate of drug-likeness (QED) is 0.823. The summed E-state index contributed by atoms with van der Waals surface area (Å²) in [5, 5.41) is 12.8. The van der Waals surface area contributed by atoms with E-state index in [9.17, 15) is 22.8 Å². The molecule has 2 aromatic heterocycles. The number of carbonyl (C=O) groups excluding carboxylic acids is 1. The molecule has 0 radical (unpaired) electrons. The first-order valence-electron chi connectivity index (χ1n) is 8.39. The van der Waals surface area contributed by atoms with Crippen LogP contribution in [0, 0.1) is 5.92 Å². The summed E-state index contributed by atoms with van der Waals surface area (Å²) in [6, 6.07) is 1.05. The van der Waals surface area contributed by atoms with E-state index in [0.29, 0.717) is 32.4 Å². The molecule has 0 saturated carbocycles. The van der Waals surface area contributed by atoms with Crippen LogP contribution < -0.4 is 5.32 Å². The third-order valence-electron chi connectivity index (χ3n) is 4.74. The van der Waals surface area contributed by atoms with E-state index in [1.165, 1.54) is 17.3 Å². The van der Waals surface area contributed by atoms with E-state index in [2.05, 4.69) is 10.3 Å². The first kappa shape index (κ1) is 19.4. The van der Waals surface area contributed by atoms with Gasteiger partial charge in [0.2, 0.25) is 0 Å². The van der Waals surface area contributed by atoms with Gasteiger partial charge in [0, 0.05) is 31.2 Å². The van der Waals surface area contributed by atoms with Gasteiger partial charge < -0.3 is 15.3 Å². The Hall–Kier alpha value is -2.36. The number of amides is 2. The summed E-state index contributed by atoms with van der Waals surface area (Å²) in [6.07, 6.45) is -4.08. The summed E-state index contributed by atoms with van der Waals surface area (Å²) >= 11 is 0.854. The lowest BCUT2D eigenvalue weighted by Crippen LogP contribution is -2.37. The number of hydrogen-bond acceptors (Lipinski definition) is 4. The second-order valence-corrected chi connectivity index (χ2v) is 7.36. The topological polar surface area (TPSA) is 82.5 Å². The van der Waals surface area contributed by atoms with E-state index >= 15 is 0 Å². The lowest BCUT2D eigenvalue weighted by molar-refractivity contribution is -0.136. The third-order valence-corrected chi connectivity index (χ3v) is 5.74. The molecule has 6 nitrogen and oxygen atoms in total. The van der Waals surface area contributed by atoms with E-state index in [1.807, 2.05) is 0 Å². The number of nitrogens with one attached hydrogen (secondary N) is 1. The number of fused-ring (bicyclic) bond motifs is 1. The molecule has 27 heavy (non-hydrogen) atoms. The van der Waals surface area contributed by atoms with Crippen molar-refractivity contribution in [3.05, 3.63) is 28.3 Å². The van der Waals surface area contributed by atoms with Gasteiger partial charge in [-0.1, -0.05) is 0 Å². The average Bonchev–Trinajstić information content (AvgIpc) is 3.03. The van der Waals surface area contributed by atoms with Crippen molar-refractivity contribution < 1.29 is 27.9 Å². The molecule has 10 heteroatoms. The molecule has 2 aromatic rings. The van der Waals surface area contributed by atoms with Crippen molar-refractivity contribution in [2.75, 3.05) is 20.1 Å². The zero-order chi connectivity index (χ0) is 19.8. The first-order chi connectivity index (χ1) is 12.7. The fraction of sp³-hybridized carbons (Fsp3) is 0.471. The summed E-state index contributed by atoms with van der Waals surface area (Å²) in [5.74, 6) is -0.428. The fourth-order valence-electron chi connectivity index (χ4n) is 3.30. The lowest BCUT2D eigenvalue weighted by Gasteiger charge is -2.29. The molecule has 0 aromatic carbocycles. The molecule has 3 rings (SSSR count). The maximum Gasteiger partial charge on any atom is 0.417 e. The monoisotopic (exact) mass is 401 g/mol. The Morgan fingerprint density at radius 1 is 1.37 bits per heavy atom. The van der Waals surface area contributed by atoms with E-state index in [-0.39, 0.29) is 27.4 Å². The second kappa shape index (κ2) is 7.34. The molecule has 3 heterocycles. The van der Waals surface area contributed by atoms with Crippen LogP contribution in [0.15, 0.2) is 11.4 Å². The van der Waals surface area contributed by atoms with Crippen LogP contribution in [-0.2, 0) is 12.6 Å². The van der Waals surface area contributed by atoms with Crippen molar-refractivity contribution >= 4 is 33.6 Å². The number of aromatic nitrogens is 1. The molecule has 146 valence electrons. The van der Waals surface area contributed by atoms with E-state index in [0.717, 1.165) is 17.4 Å². The highest BCUT2D eigenvalue weighted by molar-refractivity contribution is 7.17.